The second-order valence-corrected chi connectivity index (χ2v) is 7.77. The fourth-order valence-corrected chi connectivity index (χ4v) is 4.29. The molecule has 1 N–H and O–H groups in total. The van der Waals surface area contributed by atoms with Crippen LogP contribution in [0.4, 0.5) is 5.69 Å². The van der Waals surface area contributed by atoms with Gasteiger partial charge in [-0.05, 0) is 48.4 Å². The van der Waals surface area contributed by atoms with Gasteiger partial charge in [-0.25, -0.2) is 0 Å². The Kier molecular flexibility index (Phi) is 3.81. The normalized spacial score (nSPS) is 35.8. The van der Waals surface area contributed by atoms with Crippen molar-refractivity contribution in [3.05, 3.63) is 29.8 Å². The monoisotopic (exact) mass is 282 g/mol. The van der Waals surface area contributed by atoms with Gasteiger partial charge in [0.2, 0.25) is 0 Å². The number of hydrogen-bond donors (Lipinski definition) is 1. The van der Waals surface area contributed by atoms with E-state index in [1.165, 1.54) is 11.3 Å². The molecule has 3 rings (SSSR count). The number of anilines is 1. The van der Waals surface area contributed by atoms with Crippen molar-refractivity contribution in [2.45, 2.75) is 58.5 Å². The third-order valence-corrected chi connectivity index (χ3v) is 5.74. The van der Waals surface area contributed by atoms with E-state index in [-0.39, 0.29) is 5.41 Å². The topological polar surface area (TPSA) is 15.3 Å². The van der Waals surface area contributed by atoms with Crippen LogP contribution in [0.15, 0.2) is 24.3 Å². The molecule has 0 aliphatic carbocycles. The van der Waals surface area contributed by atoms with E-state index >= 15 is 0 Å². The van der Waals surface area contributed by atoms with Crippen LogP contribution in [0.5, 0.6) is 0 Å². The molecule has 2 radical (unpaired) electrons. The third-order valence-electron chi connectivity index (χ3n) is 5.74. The third kappa shape index (κ3) is 2.61. The molecule has 0 aromatic heterocycles. The van der Waals surface area contributed by atoms with Crippen molar-refractivity contribution in [3.63, 3.8) is 0 Å². The Morgan fingerprint density at radius 2 is 1.95 bits per heavy atom. The zero-order valence-corrected chi connectivity index (χ0v) is 13.8. The molecule has 0 saturated carbocycles. The summed E-state index contributed by atoms with van der Waals surface area (Å²) in [6.07, 6.45) is 2.28. The summed E-state index contributed by atoms with van der Waals surface area (Å²) in [6.45, 7) is 10.4. The van der Waals surface area contributed by atoms with Crippen molar-refractivity contribution in [1.82, 2.24) is 4.81 Å². The van der Waals surface area contributed by atoms with Gasteiger partial charge >= 0.3 is 0 Å². The van der Waals surface area contributed by atoms with Crippen molar-refractivity contribution in [2.75, 3.05) is 11.9 Å². The van der Waals surface area contributed by atoms with E-state index in [4.69, 9.17) is 7.98 Å². The van der Waals surface area contributed by atoms with Crippen LogP contribution in [0.1, 0.15) is 52.0 Å². The van der Waals surface area contributed by atoms with Crippen LogP contribution in [-0.2, 0) is 0 Å². The van der Waals surface area contributed by atoms with E-state index in [1.54, 1.807) is 0 Å². The quantitative estimate of drug-likeness (QED) is 0.728. The molecule has 2 aliphatic rings. The van der Waals surface area contributed by atoms with Crippen LogP contribution in [0, 0.1) is 11.3 Å². The predicted octanol–water partition coefficient (Wildman–Crippen LogP) is 3.79. The van der Waals surface area contributed by atoms with Crippen molar-refractivity contribution in [3.8, 4) is 0 Å². The van der Waals surface area contributed by atoms with Crippen molar-refractivity contribution >= 4 is 13.7 Å². The van der Waals surface area contributed by atoms with Crippen molar-refractivity contribution in [1.29, 1.82) is 0 Å². The molecule has 0 bridgehead atoms. The van der Waals surface area contributed by atoms with E-state index in [0.29, 0.717) is 23.9 Å². The minimum absolute atomic E-state index is 0.236. The first-order chi connectivity index (χ1) is 9.90. The molecular formula is C18H27BN2. The molecule has 0 spiro atoms. The van der Waals surface area contributed by atoms with Crippen molar-refractivity contribution < 1.29 is 0 Å². The van der Waals surface area contributed by atoms with E-state index in [0.717, 1.165) is 19.4 Å². The first-order valence-electron chi connectivity index (χ1n) is 8.27. The first-order valence-corrected chi connectivity index (χ1v) is 8.27. The van der Waals surface area contributed by atoms with Crippen LogP contribution in [0.2, 0.25) is 0 Å². The summed E-state index contributed by atoms with van der Waals surface area (Å²) >= 11 is 0. The van der Waals surface area contributed by atoms with Crippen LogP contribution in [0.25, 0.3) is 0 Å². The van der Waals surface area contributed by atoms with Gasteiger partial charge in [-0.2, -0.15) is 0 Å². The summed E-state index contributed by atoms with van der Waals surface area (Å²) in [4.78, 5) is 2.05. The highest BCUT2D eigenvalue weighted by atomic mass is 15.1. The zero-order valence-electron chi connectivity index (χ0n) is 13.8. The molecular weight excluding hydrogens is 255 g/mol. The van der Waals surface area contributed by atoms with Gasteiger partial charge in [0.25, 0.3) is 0 Å². The second-order valence-electron chi connectivity index (χ2n) is 7.77. The maximum Gasteiger partial charge on any atom is 0.182 e. The molecule has 112 valence electrons. The first kappa shape index (κ1) is 15.0. The minimum Gasteiger partial charge on any atom is -0.381 e. The zero-order chi connectivity index (χ0) is 15.2. The van der Waals surface area contributed by atoms with E-state index in [9.17, 15) is 0 Å². The molecule has 1 fully saturated rings. The van der Waals surface area contributed by atoms with E-state index < -0.39 is 0 Å². The number of nitrogens with zero attached hydrogens (tertiary/aromatic N) is 1. The van der Waals surface area contributed by atoms with E-state index in [1.807, 2.05) is 4.81 Å². The maximum absolute atomic E-state index is 6.26. The van der Waals surface area contributed by atoms with Crippen LogP contribution in [0.3, 0.4) is 0 Å². The van der Waals surface area contributed by atoms with Crippen molar-refractivity contribution in [2.24, 2.45) is 11.3 Å². The Bertz CT molecular complexity index is 514. The Hall–Kier alpha value is -0.955. The number of benzene rings is 1. The maximum atomic E-state index is 6.26. The summed E-state index contributed by atoms with van der Waals surface area (Å²) in [7, 11) is 6.26. The molecule has 2 heterocycles. The Morgan fingerprint density at radius 3 is 2.71 bits per heavy atom. The Balaban J connectivity index is 2.01. The Morgan fingerprint density at radius 1 is 1.24 bits per heavy atom. The fourth-order valence-electron chi connectivity index (χ4n) is 4.29. The highest BCUT2D eigenvalue weighted by Crippen LogP contribution is 2.49. The Labute approximate surface area is 130 Å². The lowest BCUT2D eigenvalue weighted by Crippen LogP contribution is -2.40. The second kappa shape index (κ2) is 5.35. The largest absolute Gasteiger partial charge is 0.381 e. The van der Waals surface area contributed by atoms with Gasteiger partial charge in [0, 0.05) is 17.6 Å². The number of nitrogens with one attached hydrogen (secondary N) is 1. The van der Waals surface area contributed by atoms with Gasteiger partial charge in [-0.3, -0.25) is 0 Å². The van der Waals surface area contributed by atoms with Gasteiger partial charge in [0.15, 0.2) is 7.98 Å². The molecule has 4 atom stereocenters. The minimum atomic E-state index is 0.236. The highest BCUT2D eigenvalue weighted by molar-refractivity contribution is 6.04. The molecule has 21 heavy (non-hydrogen) atoms. The standard InChI is InChI=1S/C18H27BN2/c1-12-11-13(2)21(19)10-9-18(3,4)17-16(12)14-7-5-6-8-15(14)20-17/h5-8,12-13,16-17,20H,9-11H2,1-4H3/t12?,13?,16-,17+/m0/s1. The molecule has 1 aromatic rings. The summed E-state index contributed by atoms with van der Waals surface area (Å²) in [5.74, 6) is 1.22. The summed E-state index contributed by atoms with van der Waals surface area (Å²) in [5.41, 5.74) is 3.07. The van der Waals surface area contributed by atoms with E-state index in [2.05, 4.69) is 57.3 Å². The number of para-hydroxylation sites is 1. The van der Waals surface area contributed by atoms with Gasteiger partial charge in [-0.15, -0.1) is 0 Å². The van der Waals surface area contributed by atoms with Gasteiger partial charge in [0.1, 0.15) is 0 Å². The number of fused-ring (bicyclic) bond motifs is 3. The molecule has 2 unspecified atom stereocenters. The number of hydrogen-bond acceptors (Lipinski definition) is 2. The van der Waals surface area contributed by atoms with Crippen LogP contribution in [-0.4, -0.2) is 31.4 Å². The molecule has 3 heteroatoms. The highest BCUT2D eigenvalue weighted by Gasteiger charge is 2.44. The SMILES string of the molecule is [B]N1CCC(C)(C)[C@@H]2Nc3ccccc3[C@@H]2C(C)CC1C. The molecule has 2 nitrogen and oxygen atoms in total. The average molecular weight is 282 g/mol. The van der Waals surface area contributed by atoms with Gasteiger partial charge in [-0.1, -0.05) is 45.9 Å². The summed E-state index contributed by atoms with van der Waals surface area (Å²) in [5, 5.41) is 3.82. The average Bonchev–Trinajstić information content (AvgIpc) is 2.84. The summed E-state index contributed by atoms with van der Waals surface area (Å²) < 4.78 is 0. The predicted molar refractivity (Wildman–Crippen MR) is 90.7 cm³/mol. The lowest BCUT2D eigenvalue weighted by Gasteiger charge is -2.38. The summed E-state index contributed by atoms with van der Waals surface area (Å²) in [6, 6.07) is 9.80. The van der Waals surface area contributed by atoms with Crippen LogP contribution < -0.4 is 5.32 Å². The lowest BCUT2D eigenvalue weighted by atomic mass is 9.70. The molecule has 2 aliphatic heterocycles. The van der Waals surface area contributed by atoms with Gasteiger partial charge in [0.05, 0.1) is 0 Å². The van der Waals surface area contributed by atoms with Crippen LogP contribution >= 0.6 is 0 Å². The molecule has 1 aromatic carbocycles. The number of rotatable bonds is 0. The fraction of sp³-hybridized carbons (Fsp3) is 0.667. The molecule has 1 saturated heterocycles. The molecule has 0 amide bonds. The van der Waals surface area contributed by atoms with Gasteiger partial charge < -0.3 is 10.1 Å². The lowest BCUT2D eigenvalue weighted by molar-refractivity contribution is 0.230. The smallest absolute Gasteiger partial charge is 0.182 e.